The van der Waals surface area contributed by atoms with Gasteiger partial charge in [-0.1, -0.05) is 0 Å². The summed E-state index contributed by atoms with van der Waals surface area (Å²) in [6.45, 7) is 8.55. The lowest BCUT2D eigenvalue weighted by molar-refractivity contribution is 0.0347. The number of guanidine groups is 1. The van der Waals surface area contributed by atoms with Crippen molar-refractivity contribution in [1.29, 1.82) is 0 Å². The van der Waals surface area contributed by atoms with Gasteiger partial charge in [-0.15, -0.1) is 0 Å². The van der Waals surface area contributed by atoms with E-state index in [1.807, 2.05) is 7.05 Å². The van der Waals surface area contributed by atoms with Crippen LogP contribution in [0, 0.1) is 0 Å². The van der Waals surface area contributed by atoms with E-state index in [0.29, 0.717) is 12.6 Å². The lowest BCUT2D eigenvalue weighted by atomic mass is 10.2. The average Bonchev–Trinajstić information content (AvgIpc) is 3.05. The molecule has 2 saturated heterocycles. The van der Waals surface area contributed by atoms with Crippen molar-refractivity contribution in [3.8, 4) is 0 Å². The second kappa shape index (κ2) is 9.42. The van der Waals surface area contributed by atoms with E-state index < -0.39 is 0 Å². The Balaban J connectivity index is 1.67. The second-order valence-electron chi connectivity index (χ2n) is 6.71. The molecule has 2 aliphatic rings. The predicted molar refractivity (Wildman–Crippen MR) is 93.1 cm³/mol. The molecule has 0 aromatic heterocycles. The molecule has 7 heteroatoms. The summed E-state index contributed by atoms with van der Waals surface area (Å²) in [4.78, 5) is 9.11. The van der Waals surface area contributed by atoms with Crippen LogP contribution in [0.2, 0.25) is 0 Å². The lowest BCUT2D eigenvalue weighted by Crippen LogP contribution is -2.56. The molecule has 0 bridgehead atoms. The molecule has 23 heavy (non-hydrogen) atoms. The summed E-state index contributed by atoms with van der Waals surface area (Å²) < 4.78 is 11.2. The Bertz CT molecular complexity index is 373. The number of hydrogen-bond acceptors (Lipinski definition) is 5. The molecule has 0 aromatic rings. The van der Waals surface area contributed by atoms with Gasteiger partial charge in [-0.2, -0.15) is 0 Å². The molecule has 3 atom stereocenters. The van der Waals surface area contributed by atoms with Gasteiger partial charge in [0, 0.05) is 51.9 Å². The Morgan fingerprint density at radius 3 is 2.91 bits per heavy atom. The minimum absolute atomic E-state index is 0.216. The van der Waals surface area contributed by atoms with Crippen LogP contribution in [0.5, 0.6) is 0 Å². The van der Waals surface area contributed by atoms with E-state index in [1.165, 1.54) is 0 Å². The van der Waals surface area contributed by atoms with Gasteiger partial charge in [-0.25, -0.2) is 0 Å². The quantitative estimate of drug-likeness (QED) is 0.511. The van der Waals surface area contributed by atoms with Crippen LogP contribution in [0.1, 0.15) is 13.3 Å². The number of ether oxygens (including phenoxy) is 2. The van der Waals surface area contributed by atoms with Crippen LogP contribution in [0.4, 0.5) is 0 Å². The SMILES string of the molecule is CN=C(NCC1CN(C)CCN1C)NC(C)COC1CCOC1. The Hall–Kier alpha value is -0.890. The summed E-state index contributed by atoms with van der Waals surface area (Å²) >= 11 is 0. The van der Waals surface area contributed by atoms with Gasteiger partial charge in [0.25, 0.3) is 0 Å². The van der Waals surface area contributed by atoms with Crippen LogP contribution in [0.25, 0.3) is 0 Å². The van der Waals surface area contributed by atoms with E-state index in [1.54, 1.807) is 0 Å². The third kappa shape index (κ3) is 6.25. The van der Waals surface area contributed by atoms with Crippen LogP contribution in [-0.4, -0.2) is 101 Å². The standard InChI is InChI=1S/C16H33N5O2/c1-13(11-23-15-5-8-22-12-15)19-16(17-2)18-9-14-10-20(3)6-7-21(14)4/h13-15H,5-12H2,1-4H3,(H2,17,18,19). The van der Waals surface area contributed by atoms with Crippen molar-refractivity contribution in [3.63, 3.8) is 0 Å². The van der Waals surface area contributed by atoms with Gasteiger partial charge >= 0.3 is 0 Å². The smallest absolute Gasteiger partial charge is 0.191 e. The molecule has 0 aliphatic carbocycles. The molecular formula is C16H33N5O2. The molecule has 0 radical (unpaired) electrons. The Kier molecular flexibility index (Phi) is 7.55. The van der Waals surface area contributed by atoms with Gasteiger partial charge in [0.15, 0.2) is 5.96 Å². The highest BCUT2D eigenvalue weighted by Crippen LogP contribution is 2.08. The summed E-state index contributed by atoms with van der Waals surface area (Å²) in [5.41, 5.74) is 0. The van der Waals surface area contributed by atoms with Crippen molar-refractivity contribution < 1.29 is 9.47 Å². The zero-order valence-electron chi connectivity index (χ0n) is 15.0. The van der Waals surface area contributed by atoms with Gasteiger partial charge < -0.3 is 25.0 Å². The van der Waals surface area contributed by atoms with Crippen molar-refractivity contribution in [3.05, 3.63) is 0 Å². The van der Waals surface area contributed by atoms with Crippen molar-refractivity contribution in [2.75, 3.05) is 67.1 Å². The number of nitrogens with one attached hydrogen (secondary N) is 2. The van der Waals surface area contributed by atoms with E-state index in [4.69, 9.17) is 9.47 Å². The lowest BCUT2D eigenvalue weighted by Gasteiger charge is -2.38. The summed E-state index contributed by atoms with van der Waals surface area (Å²) in [6, 6.07) is 0.725. The first-order valence-corrected chi connectivity index (χ1v) is 8.63. The molecule has 2 heterocycles. The molecule has 0 amide bonds. The fourth-order valence-corrected chi connectivity index (χ4v) is 2.93. The maximum Gasteiger partial charge on any atom is 0.191 e. The monoisotopic (exact) mass is 327 g/mol. The van der Waals surface area contributed by atoms with Gasteiger partial charge in [-0.05, 0) is 27.4 Å². The van der Waals surface area contributed by atoms with Crippen LogP contribution in [-0.2, 0) is 9.47 Å². The topological polar surface area (TPSA) is 61.4 Å². The van der Waals surface area contributed by atoms with Crippen LogP contribution >= 0.6 is 0 Å². The molecular weight excluding hydrogens is 294 g/mol. The molecule has 2 rings (SSSR count). The third-order valence-corrected chi connectivity index (χ3v) is 4.56. The summed E-state index contributed by atoms with van der Waals surface area (Å²) in [5, 5.41) is 6.84. The molecule has 3 unspecified atom stereocenters. The minimum Gasteiger partial charge on any atom is -0.379 e. The molecule has 2 fully saturated rings. The fourth-order valence-electron chi connectivity index (χ4n) is 2.93. The van der Waals surface area contributed by atoms with Gasteiger partial charge in [-0.3, -0.25) is 9.89 Å². The van der Waals surface area contributed by atoms with E-state index in [9.17, 15) is 0 Å². The first-order valence-electron chi connectivity index (χ1n) is 8.63. The minimum atomic E-state index is 0.216. The molecule has 0 spiro atoms. The summed E-state index contributed by atoms with van der Waals surface area (Å²) in [5.74, 6) is 0.838. The van der Waals surface area contributed by atoms with E-state index in [2.05, 4.69) is 46.4 Å². The first-order chi connectivity index (χ1) is 11.1. The number of rotatable bonds is 6. The van der Waals surface area contributed by atoms with Crippen molar-refractivity contribution in [2.45, 2.75) is 31.5 Å². The largest absolute Gasteiger partial charge is 0.379 e. The molecule has 7 nitrogen and oxygen atoms in total. The molecule has 2 aliphatic heterocycles. The van der Waals surface area contributed by atoms with E-state index in [-0.39, 0.29) is 12.1 Å². The zero-order valence-corrected chi connectivity index (χ0v) is 15.0. The van der Waals surface area contributed by atoms with Crippen molar-refractivity contribution >= 4 is 5.96 Å². The molecule has 0 saturated carbocycles. The van der Waals surface area contributed by atoms with E-state index in [0.717, 1.165) is 51.8 Å². The number of likely N-dealkylation sites (N-methyl/N-ethyl adjacent to an activating group) is 2. The maximum atomic E-state index is 5.85. The highest BCUT2D eigenvalue weighted by Gasteiger charge is 2.22. The predicted octanol–water partition coefficient (Wildman–Crippen LogP) is -0.409. The average molecular weight is 327 g/mol. The van der Waals surface area contributed by atoms with Crippen LogP contribution in [0.3, 0.4) is 0 Å². The number of nitrogens with zero attached hydrogens (tertiary/aromatic N) is 3. The van der Waals surface area contributed by atoms with Gasteiger partial charge in [0.2, 0.25) is 0 Å². The van der Waals surface area contributed by atoms with Crippen molar-refractivity contribution in [2.24, 2.45) is 4.99 Å². The second-order valence-corrected chi connectivity index (χ2v) is 6.71. The normalized spacial score (nSPS) is 28.8. The van der Waals surface area contributed by atoms with Crippen LogP contribution < -0.4 is 10.6 Å². The van der Waals surface area contributed by atoms with E-state index >= 15 is 0 Å². The Morgan fingerprint density at radius 2 is 2.22 bits per heavy atom. The number of aliphatic imine (C=N–C) groups is 1. The molecule has 134 valence electrons. The Morgan fingerprint density at radius 1 is 1.39 bits per heavy atom. The maximum absolute atomic E-state index is 5.85. The summed E-state index contributed by atoms with van der Waals surface area (Å²) in [6.07, 6.45) is 1.25. The fraction of sp³-hybridized carbons (Fsp3) is 0.938. The summed E-state index contributed by atoms with van der Waals surface area (Å²) in [7, 11) is 6.18. The third-order valence-electron chi connectivity index (χ3n) is 4.56. The number of piperazine rings is 1. The highest BCUT2D eigenvalue weighted by molar-refractivity contribution is 5.79. The number of hydrogen-bond donors (Lipinski definition) is 2. The first kappa shape index (κ1) is 18.4. The van der Waals surface area contributed by atoms with Gasteiger partial charge in [0.1, 0.15) is 0 Å². The molecule has 0 aromatic carbocycles. The molecule has 2 N–H and O–H groups in total. The highest BCUT2D eigenvalue weighted by atomic mass is 16.5. The van der Waals surface area contributed by atoms with Gasteiger partial charge in [0.05, 0.1) is 19.3 Å². The van der Waals surface area contributed by atoms with Crippen molar-refractivity contribution in [1.82, 2.24) is 20.4 Å². The Labute approximate surface area is 140 Å². The van der Waals surface area contributed by atoms with Crippen LogP contribution in [0.15, 0.2) is 4.99 Å². The zero-order chi connectivity index (χ0) is 16.7.